The van der Waals surface area contributed by atoms with Gasteiger partial charge in [0.1, 0.15) is 24.1 Å². The number of fused-ring (bicyclic) bond motifs is 1. The Morgan fingerprint density at radius 3 is 2.66 bits per heavy atom. The van der Waals surface area contributed by atoms with Crippen LogP contribution in [0, 0.1) is 0 Å². The van der Waals surface area contributed by atoms with Gasteiger partial charge in [-0.25, -0.2) is 0 Å². The molecule has 29 heavy (non-hydrogen) atoms. The summed E-state index contributed by atoms with van der Waals surface area (Å²) in [6.45, 7) is -0.470. The van der Waals surface area contributed by atoms with Crippen LogP contribution in [-0.4, -0.2) is 42.7 Å². The van der Waals surface area contributed by atoms with E-state index in [-0.39, 0.29) is 11.5 Å². The maximum atomic E-state index is 12.7. The molecule has 10 heteroatoms. The predicted molar refractivity (Wildman–Crippen MR) is 101 cm³/mol. The first-order chi connectivity index (χ1) is 14.1. The Morgan fingerprint density at radius 2 is 1.93 bits per heavy atom. The van der Waals surface area contributed by atoms with Gasteiger partial charge in [-0.3, -0.25) is 9.59 Å². The highest BCUT2D eigenvalue weighted by Gasteiger charge is 2.18. The van der Waals surface area contributed by atoms with E-state index in [1.807, 2.05) is 24.3 Å². The van der Waals surface area contributed by atoms with E-state index in [1.54, 1.807) is 7.11 Å². The second kappa shape index (κ2) is 7.58. The van der Waals surface area contributed by atoms with Crippen LogP contribution in [0.3, 0.4) is 0 Å². The number of ether oxygens (including phenoxy) is 1. The summed E-state index contributed by atoms with van der Waals surface area (Å²) >= 11 is 0. The largest absolute Gasteiger partial charge is 0.496 e. The number of methoxy groups -OCH3 is 1. The van der Waals surface area contributed by atoms with Crippen LogP contribution in [0.15, 0.2) is 52.1 Å². The van der Waals surface area contributed by atoms with Crippen molar-refractivity contribution in [1.29, 1.82) is 0 Å². The number of nitrogens with zero attached hydrogens (tertiary/aromatic N) is 5. The molecule has 0 spiro atoms. The highest BCUT2D eigenvalue weighted by atomic mass is 16.5. The third-order valence-corrected chi connectivity index (χ3v) is 4.45. The Balaban J connectivity index is 1.79. The number of aryl methyl sites for hydroxylation is 2. The summed E-state index contributed by atoms with van der Waals surface area (Å²) in [6, 6.07) is 7.73. The van der Waals surface area contributed by atoms with Gasteiger partial charge in [0.25, 0.3) is 5.56 Å². The third-order valence-electron chi connectivity index (χ3n) is 4.45. The van der Waals surface area contributed by atoms with Gasteiger partial charge in [-0.1, -0.05) is 23.0 Å². The standard InChI is InChI=1S/C19H17N5O5/c1-28-14-5-3-2-4-12(14)6-7-13-10-23(11-15(25)26)18(27)17-16(13)21-24(22-17)19-20-8-9-29-19/h2-5,8-10H,6-7,11H2,1H3,(H,25,26). The fourth-order valence-corrected chi connectivity index (χ4v) is 3.14. The molecule has 0 bridgehead atoms. The molecule has 0 amide bonds. The number of oxazole rings is 1. The van der Waals surface area contributed by atoms with E-state index in [9.17, 15) is 9.59 Å². The van der Waals surface area contributed by atoms with Crippen LogP contribution < -0.4 is 10.3 Å². The maximum absolute atomic E-state index is 12.7. The lowest BCUT2D eigenvalue weighted by molar-refractivity contribution is -0.137. The van der Waals surface area contributed by atoms with Crippen LogP contribution in [0.4, 0.5) is 0 Å². The van der Waals surface area contributed by atoms with Crippen molar-refractivity contribution >= 4 is 17.0 Å². The molecule has 4 aromatic rings. The fourth-order valence-electron chi connectivity index (χ4n) is 3.14. The number of para-hydroxylation sites is 1. The molecule has 10 nitrogen and oxygen atoms in total. The molecule has 148 valence electrons. The summed E-state index contributed by atoms with van der Waals surface area (Å²) in [4.78, 5) is 29.0. The number of carboxylic acid groups (broad SMARTS) is 1. The third kappa shape index (κ3) is 3.59. The topological polar surface area (TPSA) is 125 Å². The number of aromatic nitrogens is 5. The van der Waals surface area contributed by atoms with Gasteiger partial charge in [0, 0.05) is 6.20 Å². The fraction of sp³-hybridized carbons (Fsp3) is 0.211. The zero-order valence-electron chi connectivity index (χ0n) is 15.5. The summed E-state index contributed by atoms with van der Waals surface area (Å²) in [7, 11) is 1.60. The van der Waals surface area contributed by atoms with Crippen LogP contribution in [0.1, 0.15) is 11.1 Å². The molecule has 1 N–H and O–H groups in total. The van der Waals surface area contributed by atoms with Crippen molar-refractivity contribution in [2.75, 3.05) is 7.11 Å². The summed E-state index contributed by atoms with van der Waals surface area (Å²) in [5.74, 6) is -0.367. The maximum Gasteiger partial charge on any atom is 0.340 e. The first-order valence-electron chi connectivity index (χ1n) is 8.79. The number of benzene rings is 1. The van der Waals surface area contributed by atoms with Crippen LogP contribution in [0.2, 0.25) is 0 Å². The predicted octanol–water partition coefficient (Wildman–Crippen LogP) is 1.45. The monoisotopic (exact) mass is 395 g/mol. The minimum atomic E-state index is -1.12. The summed E-state index contributed by atoms with van der Waals surface area (Å²) in [5, 5.41) is 17.7. The smallest absolute Gasteiger partial charge is 0.340 e. The highest BCUT2D eigenvalue weighted by Crippen LogP contribution is 2.21. The van der Waals surface area contributed by atoms with E-state index in [1.165, 1.54) is 18.7 Å². The first-order valence-corrected chi connectivity index (χ1v) is 8.79. The molecule has 0 unspecified atom stereocenters. The molecule has 0 aliphatic carbocycles. The zero-order chi connectivity index (χ0) is 20.4. The Kier molecular flexibility index (Phi) is 4.82. The van der Waals surface area contributed by atoms with Crippen molar-refractivity contribution in [3.8, 4) is 11.8 Å². The van der Waals surface area contributed by atoms with Crippen LogP contribution in [0.5, 0.6) is 5.75 Å². The average Bonchev–Trinajstić information content (AvgIpc) is 3.39. The van der Waals surface area contributed by atoms with Gasteiger partial charge >= 0.3 is 12.0 Å². The second-order valence-electron chi connectivity index (χ2n) is 6.29. The minimum absolute atomic E-state index is 0.0574. The number of hydrogen-bond acceptors (Lipinski definition) is 7. The van der Waals surface area contributed by atoms with Gasteiger partial charge < -0.3 is 18.8 Å². The Bertz CT molecular complexity index is 1230. The van der Waals surface area contributed by atoms with Crippen LogP contribution in [-0.2, 0) is 24.2 Å². The quantitative estimate of drug-likeness (QED) is 0.498. The van der Waals surface area contributed by atoms with Gasteiger partial charge in [0.2, 0.25) is 0 Å². The SMILES string of the molecule is COc1ccccc1CCc1cn(CC(=O)O)c(=O)c2nn(-c3ncco3)nc12. The summed E-state index contributed by atoms with van der Waals surface area (Å²) in [6.07, 6.45) is 5.43. The molecular formula is C19H17N5O5. The molecule has 3 aromatic heterocycles. The van der Waals surface area contributed by atoms with Crippen molar-refractivity contribution in [3.05, 3.63) is 64.4 Å². The number of pyridine rings is 1. The average molecular weight is 395 g/mol. The van der Waals surface area contributed by atoms with Gasteiger partial charge in [0.15, 0.2) is 5.52 Å². The van der Waals surface area contributed by atoms with Crippen molar-refractivity contribution < 1.29 is 19.1 Å². The van der Waals surface area contributed by atoms with Crippen molar-refractivity contribution in [2.24, 2.45) is 0 Å². The van der Waals surface area contributed by atoms with Gasteiger partial charge in [0.05, 0.1) is 13.3 Å². The molecule has 0 atom stereocenters. The molecule has 3 heterocycles. The summed E-state index contributed by atoms with van der Waals surface area (Å²) in [5.41, 5.74) is 1.57. The number of hydrogen-bond donors (Lipinski definition) is 1. The van der Waals surface area contributed by atoms with E-state index >= 15 is 0 Å². The molecule has 4 rings (SSSR count). The lowest BCUT2D eigenvalue weighted by Gasteiger charge is -2.10. The van der Waals surface area contributed by atoms with E-state index in [2.05, 4.69) is 15.2 Å². The van der Waals surface area contributed by atoms with Crippen LogP contribution >= 0.6 is 0 Å². The molecule has 0 saturated carbocycles. The van der Waals surface area contributed by atoms with Crippen LogP contribution in [0.25, 0.3) is 17.0 Å². The highest BCUT2D eigenvalue weighted by molar-refractivity contribution is 5.77. The van der Waals surface area contributed by atoms with Gasteiger partial charge in [-0.2, -0.15) is 4.98 Å². The van der Waals surface area contributed by atoms with E-state index in [0.717, 1.165) is 20.7 Å². The molecule has 0 aliphatic rings. The second-order valence-corrected chi connectivity index (χ2v) is 6.29. The molecule has 0 saturated heterocycles. The summed E-state index contributed by atoms with van der Waals surface area (Å²) < 4.78 is 11.7. The van der Waals surface area contributed by atoms with E-state index in [4.69, 9.17) is 14.3 Å². The van der Waals surface area contributed by atoms with E-state index < -0.39 is 18.1 Å². The Morgan fingerprint density at radius 1 is 1.17 bits per heavy atom. The molecule has 0 aliphatic heterocycles. The molecule has 0 radical (unpaired) electrons. The van der Waals surface area contributed by atoms with Crippen molar-refractivity contribution in [1.82, 2.24) is 24.5 Å². The number of carbonyl (C=O) groups is 1. The minimum Gasteiger partial charge on any atom is -0.496 e. The number of aliphatic carboxylic acids is 1. The van der Waals surface area contributed by atoms with E-state index in [0.29, 0.717) is 23.9 Å². The molecule has 0 fully saturated rings. The van der Waals surface area contributed by atoms with Crippen molar-refractivity contribution in [2.45, 2.75) is 19.4 Å². The van der Waals surface area contributed by atoms with Gasteiger partial charge in [-0.05, 0) is 30.0 Å². The van der Waals surface area contributed by atoms with Gasteiger partial charge in [-0.15, -0.1) is 10.2 Å². The first kappa shape index (κ1) is 18.4. The Hall–Kier alpha value is -3.95. The normalized spacial score (nSPS) is 11.1. The van der Waals surface area contributed by atoms with Crippen molar-refractivity contribution in [3.63, 3.8) is 0 Å². The Labute approximate surface area is 164 Å². The number of carboxylic acids is 1. The lowest BCUT2D eigenvalue weighted by atomic mass is 10.0. The molecular weight excluding hydrogens is 378 g/mol. The lowest BCUT2D eigenvalue weighted by Crippen LogP contribution is -2.25. The number of rotatable bonds is 7. The molecule has 1 aromatic carbocycles. The zero-order valence-corrected chi connectivity index (χ0v) is 15.5.